The molecular formula is C12H19FN2O2S. The molecule has 0 aromatic heterocycles. The Bertz CT molecular complexity index is 477. The van der Waals surface area contributed by atoms with Gasteiger partial charge < -0.3 is 5.32 Å². The maximum Gasteiger partial charge on any atom is 0.236 e. The van der Waals surface area contributed by atoms with Gasteiger partial charge in [-0.05, 0) is 25.1 Å². The van der Waals surface area contributed by atoms with Crippen LogP contribution in [-0.2, 0) is 10.0 Å². The fraction of sp³-hybridized carbons (Fsp3) is 0.500. The molecule has 1 aromatic rings. The van der Waals surface area contributed by atoms with Gasteiger partial charge in [-0.15, -0.1) is 0 Å². The second-order valence-electron chi connectivity index (χ2n) is 3.98. The van der Waals surface area contributed by atoms with Gasteiger partial charge in [-0.2, -0.15) is 0 Å². The van der Waals surface area contributed by atoms with Crippen LogP contribution in [0, 0.1) is 5.82 Å². The zero-order chi connectivity index (χ0) is 13.6. The third-order valence-corrected chi connectivity index (χ3v) is 4.32. The largest absolute Gasteiger partial charge is 0.316 e. The third kappa shape index (κ3) is 3.96. The highest BCUT2D eigenvalue weighted by Crippen LogP contribution is 2.19. The van der Waals surface area contributed by atoms with Crippen molar-refractivity contribution in [1.82, 2.24) is 5.32 Å². The van der Waals surface area contributed by atoms with E-state index in [1.807, 2.05) is 6.92 Å². The van der Waals surface area contributed by atoms with E-state index >= 15 is 0 Å². The minimum atomic E-state index is -3.49. The summed E-state index contributed by atoms with van der Waals surface area (Å²) in [7, 11) is -2.12. The van der Waals surface area contributed by atoms with Crippen molar-refractivity contribution >= 4 is 15.7 Å². The molecule has 1 rings (SSSR count). The highest BCUT2D eigenvalue weighted by Gasteiger charge is 2.20. The summed E-state index contributed by atoms with van der Waals surface area (Å²) in [6.45, 7) is 3.15. The molecule has 6 heteroatoms. The number of hydrogen-bond acceptors (Lipinski definition) is 3. The average molecular weight is 274 g/mol. The minimum absolute atomic E-state index is 0.0438. The summed E-state index contributed by atoms with van der Waals surface area (Å²) < 4.78 is 38.4. The second kappa shape index (κ2) is 6.70. The zero-order valence-electron chi connectivity index (χ0n) is 10.7. The van der Waals surface area contributed by atoms with E-state index in [4.69, 9.17) is 0 Å². The summed E-state index contributed by atoms with van der Waals surface area (Å²) >= 11 is 0. The van der Waals surface area contributed by atoms with Gasteiger partial charge in [0.25, 0.3) is 0 Å². The number of hydrogen-bond donors (Lipinski definition) is 1. The van der Waals surface area contributed by atoms with E-state index in [2.05, 4.69) is 5.32 Å². The van der Waals surface area contributed by atoms with Crippen LogP contribution in [0.4, 0.5) is 10.1 Å². The topological polar surface area (TPSA) is 49.4 Å². The van der Waals surface area contributed by atoms with Crippen LogP contribution < -0.4 is 9.62 Å². The van der Waals surface area contributed by atoms with Crippen LogP contribution in [0.15, 0.2) is 24.3 Å². The monoisotopic (exact) mass is 274 g/mol. The first kappa shape index (κ1) is 14.9. The molecule has 0 aliphatic rings. The first-order valence-electron chi connectivity index (χ1n) is 5.91. The molecule has 1 N–H and O–H groups in total. The van der Waals surface area contributed by atoms with E-state index in [0.717, 1.165) is 17.3 Å². The van der Waals surface area contributed by atoms with E-state index in [1.165, 1.54) is 25.2 Å². The molecule has 0 unspecified atom stereocenters. The lowest BCUT2D eigenvalue weighted by Crippen LogP contribution is -2.34. The third-order valence-electron chi connectivity index (χ3n) is 2.57. The van der Waals surface area contributed by atoms with Crippen LogP contribution in [0.2, 0.25) is 0 Å². The summed E-state index contributed by atoms with van der Waals surface area (Å²) in [5.41, 5.74) is 0.0768. The average Bonchev–Trinajstić information content (AvgIpc) is 2.34. The molecule has 0 atom stereocenters. The fourth-order valence-corrected chi connectivity index (χ4v) is 2.62. The summed E-state index contributed by atoms with van der Waals surface area (Å²) in [5, 5.41) is 3.01. The molecule has 102 valence electrons. The molecule has 0 aliphatic heterocycles. The van der Waals surface area contributed by atoms with Crippen molar-refractivity contribution in [3.8, 4) is 0 Å². The normalized spacial score (nSPS) is 11.5. The maximum absolute atomic E-state index is 13.5. The Morgan fingerprint density at radius 3 is 2.56 bits per heavy atom. The van der Waals surface area contributed by atoms with Crippen molar-refractivity contribution in [1.29, 1.82) is 0 Å². The van der Waals surface area contributed by atoms with Crippen molar-refractivity contribution in [2.24, 2.45) is 0 Å². The van der Waals surface area contributed by atoms with Crippen LogP contribution >= 0.6 is 0 Å². The summed E-state index contributed by atoms with van der Waals surface area (Å²) in [5.74, 6) is -0.581. The first-order valence-corrected chi connectivity index (χ1v) is 7.52. The van der Waals surface area contributed by atoms with Gasteiger partial charge in [0.2, 0.25) is 10.0 Å². The Kier molecular flexibility index (Phi) is 5.55. The van der Waals surface area contributed by atoms with Crippen LogP contribution in [-0.4, -0.2) is 34.3 Å². The fourth-order valence-electron chi connectivity index (χ4n) is 1.50. The maximum atomic E-state index is 13.5. The smallest absolute Gasteiger partial charge is 0.236 e. The number of benzene rings is 1. The summed E-state index contributed by atoms with van der Waals surface area (Å²) in [4.78, 5) is 0. The van der Waals surface area contributed by atoms with Crippen molar-refractivity contribution < 1.29 is 12.8 Å². The number of nitrogens with zero attached hydrogens (tertiary/aromatic N) is 1. The molecule has 0 spiro atoms. The van der Waals surface area contributed by atoms with Gasteiger partial charge in [0.1, 0.15) is 5.82 Å². The molecule has 0 radical (unpaired) electrons. The predicted molar refractivity (Wildman–Crippen MR) is 71.8 cm³/mol. The van der Waals surface area contributed by atoms with Crippen LogP contribution in [0.1, 0.15) is 13.3 Å². The van der Waals surface area contributed by atoms with E-state index < -0.39 is 15.8 Å². The van der Waals surface area contributed by atoms with Crippen molar-refractivity contribution in [2.75, 3.05) is 30.2 Å². The van der Waals surface area contributed by atoms with Crippen LogP contribution in [0.25, 0.3) is 0 Å². The first-order chi connectivity index (χ1) is 8.49. The molecule has 18 heavy (non-hydrogen) atoms. The van der Waals surface area contributed by atoms with E-state index in [0.29, 0.717) is 6.54 Å². The number of rotatable bonds is 7. The van der Waals surface area contributed by atoms with Gasteiger partial charge in [-0.3, -0.25) is 4.31 Å². The highest BCUT2D eigenvalue weighted by molar-refractivity contribution is 7.92. The Morgan fingerprint density at radius 1 is 1.28 bits per heavy atom. The Balaban J connectivity index is 2.70. The number of sulfonamides is 1. The van der Waals surface area contributed by atoms with Gasteiger partial charge in [-0.1, -0.05) is 19.1 Å². The number of para-hydroxylation sites is 1. The lowest BCUT2D eigenvalue weighted by molar-refractivity contribution is 0.584. The standard InChI is InChI=1S/C12H19FN2O2S/c1-3-8-14-9-10-18(16,17)15(2)12-7-5-4-6-11(12)13/h4-7,14H,3,8-10H2,1-2H3. The molecule has 0 saturated heterocycles. The Morgan fingerprint density at radius 2 is 1.94 bits per heavy atom. The lowest BCUT2D eigenvalue weighted by Gasteiger charge is -2.20. The lowest BCUT2D eigenvalue weighted by atomic mass is 10.3. The van der Waals surface area contributed by atoms with E-state index in [-0.39, 0.29) is 11.4 Å². The summed E-state index contributed by atoms with van der Waals surface area (Å²) in [6.07, 6.45) is 0.948. The zero-order valence-corrected chi connectivity index (χ0v) is 11.5. The molecule has 0 heterocycles. The molecular weight excluding hydrogens is 255 g/mol. The molecule has 1 aromatic carbocycles. The van der Waals surface area contributed by atoms with Crippen molar-refractivity contribution in [2.45, 2.75) is 13.3 Å². The van der Waals surface area contributed by atoms with Gasteiger partial charge in [0.05, 0.1) is 11.4 Å². The number of anilines is 1. The van der Waals surface area contributed by atoms with Crippen LogP contribution in [0.3, 0.4) is 0 Å². The van der Waals surface area contributed by atoms with Gasteiger partial charge in [0.15, 0.2) is 0 Å². The van der Waals surface area contributed by atoms with E-state index in [9.17, 15) is 12.8 Å². The molecule has 0 aliphatic carbocycles. The number of nitrogens with one attached hydrogen (secondary N) is 1. The predicted octanol–water partition coefficient (Wildman–Crippen LogP) is 1.59. The van der Waals surface area contributed by atoms with Crippen LogP contribution in [0.5, 0.6) is 0 Å². The quantitative estimate of drug-likeness (QED) is 0.768. The Hall–Kier alpha value is -1.14. The minimum Gasteiger partial charge on any atom is -0.316 e. The second-order valence-corrected chi connectivity index (χ2v) is 6.10. The Labute approximate surface area is 108 Å². The van der Waals surface area contributed by atoms with Gasteiger partial charge in [0, 0.05) is 13.6 Å². The molecule has 0 fully saturated rings. The molecule has 0 bridgehead atoms. The molecule has 4 nitrogen and oxygen atoms in total. The SMILES string of the molecule is CCCNCCS(=O)(=O)N(C)c1ccccc1F. The van der Waals surface area contributed by atoms with E-state index in [1.54, 1.807) is 6.07 Å². The number of halogens is 1. The van der Waals surface area contributed by atoms with Crippen molar-refractivity contribution in [3.63, 3.8) is 0 Å². The molecule has 0 amide bonds. The summed E-state index contributed by atoms with van der Waals surface area (Å²) in [6, 6.07) is 5.84. The van der Waals surface area contributed by atoms with Gasteiger partial charge >= 0.3 is 0 Å². The van der Waals surface area contributed by atoms with Crippen molar-refractivity contribution in [3.05, 3.63) is 30.1 Å². The van der Waals surface area contributed by atoms with Gasteiger partial charge in [-0.25, -0.2) is 12.8 Å². The highest BCUT2D eigenvalue weighted by atomic mass is 32.2. The molecule has 0 saturated carbocycles.